The van der Waals surface area contributed by atoms with E-state index in [1.54, 1.807) is 16.9 Å². The summed E-state index contributed by atoms with van der Waals surface area (Å²) in [7, 11) is 0. The van der Waals surface area contributed by atoms with E-state index in [9.17, 15) is 0 Å². The predicted octanol–water partition coefficient (Wildman–Crippen LogP) is -0.133. The van der Waals surface area contributed by atoms with E-state index in [1.165, 1.54) is 9.74 Å². The molecule has 0 spiro atoms. The summed E-state index contributed by atoms with van der Waals surface area (Å²) < 4.78 is 6.53. The van der Waals surface area contributed by atoms with Gasteiger partial charge in [-0.15, -0.1) is 0 Å². The number of hydrogen-bond donors (Lipinski definition) is 0. The monoisotopic (exact) mass is 212 g/mol. The first kappa shape index (κ1) is 8.38. The Morgan fingerprint density at radius 1 is 1.18 bits per heavy atom. The molecule has 0 saturated heterocycles. The van der Waals surface area contributed by atoms with Gasteiger partial charge in [-0.25, -0.2) is 0 Å². The van der Waals surface area contributed by atoms with Crippen LogP contribution in [0.4, 0.5) is 0 Å². The van der Waals surface area contributed by atoms with Gasteiger partial charge in [0.2, 0.25) is 0 Å². The van der Waals surface area contributed by atoms with Crippen LogP contribution in [-0.4, -0.2) is 22.3 Å². The minimum absolute atomic E-state index is 0. The van der Waals surface area contributed by atoms with Crippen LogP contribution in [0.2, 0.25) is 0 Å². The molecule has 2 rings (SSSR count). The molecule has 2 aromatic rings. The average Bonchev–Trinajstić information content (AvgIpc) is 2.34. The molecule has 1 aromatic heterocycles. The molecule has 0 radical (unpaired) electrons. The van der Waals surface area contributed by atoms with Crippen molar-refractivity contribution in [3.8, 4) is 0 Å². The molecule has 2 nitrogen and oxygen atoms in total. The topological polar surface area (TPSA) is 44.6 Å². The van der Waals surface area contributed by atoms with Crippen molar-refractivity contribution in [2.24, 2.45) is 0 Å². The van der Waals surface area contributed by atoms with Crippen LogP contribution >= 0.6 is 0 Å². The van der Waals surface area contributed by atoms with Crippen molar-refractivity contribution in [3.05, 3.63) is 30.5 Å². The fourth-order valence-electron chi connectivity index (χ4n) is 0.998. The second-order valence-electron chi connectivity index (χ2n) is 2.19. The van der Waals surface area contributed by atoms with Crippen LogP contribution in [0.15, 0.2) is 34.9 Å². The first-order valence-corrected chi connectivity index (χ1v) is 4.31. The maximum atomic E-state index is 5.26. The Morgan fingerprint density at radius 3 is 2.64 bits per heavy atom. The van der Waals surface area contributed by atoms with Crippen molar-refractivity contribution < 1.29 is 9.89 Å². The van der Waals surface area contributed by atoms with Crippen LogP contribution in [0.1, 0.15) is 0 Å². The molecule has 0 saturated carbocycles. The van der Waals surface area contributed by atoms with E-state index in [4.69, 9.17) is 4.42 Å². The number of benzene rings is 1. The van der Waals surface area contributed by atoms with Crippen LogP contribution in [-0.2, 0) is 0 Å². The quantitative estimate of drug-likeness (QED) is 0.561. The molecule has 2 N–H and O–H groups in total. The molecule has 58 valence electrons. The van der Waals surface area contributed by atoms with E-state index < -0.39 is 0 Å². The Morgan fingerprint density at radius 2 is 1.91 bits per heavy atom. The Balaban J connectivity index is 0.000000605. The average molecular weight is 212 g/mol. The number of hydrogen-bond acceptors (Lipinski definition) is 1. The van der Waals surface area contributed by atoms with E-state index in [0.29, 0.717) is 0 Å². The molecule has 0 aliphatic carbocycles. The van der Waals surface area contributed by atoms with Gasteiger partial charge in [-0.2, -0.15) is 0 Å². The van der Waals surface area contributed by atoms with E-state index in [0.717, 1.165) is 5.58 Å². The van der Waals surface area contributed by atoms with Gasteiger partial charge < -0.3 is 5.48 Å². The van der Waals surface area contributed by atoms with Gasteiger partial charge in [0, 0.05) is 0 Å². The first-order valence-electron chi connectivity index (χ1n) is 3.09. The SMILES string of the molecule is O.[AsH2]c1coc2ccccc12. The molecular weight excluding hydrogens is 203 g/mol. The fraction of sp³-hybridized carbons (Fsp3) is 0. The van der Waals surface area contributed by atoms with E-state index in [2.05, 4.69) is 6.07 Å². The van der Waals surface area contributed by atoms with Crippen molar-refractivity contribution in [1.29, 1.82) is 0 Å². The van der Waals surface area contributed by atoms with Gasteiger partial charge in [-0.3, -0.25) is 0 Å². The van der Waals surface area contributed by atoms with Crippen molar-refractivity contribution in [2.75, 3.05) is 0 Å². The third-order valence-electron chi connectivity index (χ3n) is 1.51. The predicted molar refractivity (Wildman–Crippen MR) is 48.0 cm³/mol. The Labute approximate surface area is 73.0 Å². The number of para-hydroxylation sites is 1. The van der Waals surface area contributed by atoms with Crippen LogP contribution < -0.4 is 4.35 Å². The molecule has 1 atom stereocenters. The van der Waals surface area contributed by atoms with Crippen LogP contribution in [0, 0.1) is 0 Å². The Hall–Kier alpha value is -0.722. The third kappa shape index (κ3) is 1.32. The van der Waals surface area contributed by atoms with Gasteiger partial charge >= 0.3 is 67.1 Å². The zero-order valence-electron chi connectivity index (χ0n) is 5.87. The van der Waals surface area contributed by atoms with Gasteiger partial charge in [0.25, 0.3) is 0 Å². The zero-order chi connectivity index (χ0) is 6.97. The Kier molecular flexibility index (Phi) is 2.37. The number of fused-ring (bicyclic) bond motifs is 1. The molecule has 0 aliphatic rings. The fourth-order valence-corrected chi connectivity index (χ4v) is 1.64. The molecule has 1 heterocycles. The van der Waals surface area contributed by atoms with Crippen LogP contribution in [0.25, 0.3) is 11.0 Å². The van der Waals surface area contributed by atoms with E-state index in [-0.39, 0.29) is 5.48 Å². The van der Waals surface area contributed by atoms with Gasteiger partial charge in [-0.1, -0.05) is 0 Å². The normalized spacial score (nSPS) is 9.55. The molecule has 0 fully saturated rings. The summed E-state index contributed by atoms with van der Waals surface area (Å²) in [6.45, 7) is 0. The van der Waals surface area contributed by atoms with Gasteiger partial charge in [0.05, 0.1) is 0 Å². The van der Waals surface area contributed by atoms with Crippen LogP contribution in [0.5, 0.6) is 0 Å². The molecule has 3 heteroatoms. The molecule has 1 aromatic carbocycles. The summed E-state index contributed by atoms with van der Waals surface area (Å²) in [4.78, 5) is 0. The standard InChI is InChI=1S/C8H7AsO.H2O/c9-7-5-10-8-4-2-1-3-6(7)8;/h1-5H,9H2;1H2. The molecular formula is C8H9AsO2. The third-order valence-corrected chi connectivity index (χ3v) is 2.45. The molecule has 0 aliphatic heterocycles. The first-order chi connectivity index (χ1) is 4.88. The van der Waals surface area contributed by atoms with Gasteiger partial charge in [-0.05, 0) is 0 Å². The van der Waals surface area contributed by atoms with Crippen molar-refractivity contribution in [1.82, 2.24) is 0 Å². The summed E-state index contributed by atoms with van der Waals surface area (Å²) in [5, 5.41) is 1.24. The molecule has 1 unspecified atom stereocenters. The van der Waals surface area contributed by atoms with Crippen LogP contribution in [0.3, 0.4) is 0 Å². The number of rotatable bonds is 0. The maximum absolute atomic E-state index is 5.26. The summed E-state index contributed by atoms with van der Waals surface area (Å²) in [6, 6.07) is 8.08. The van der Waals surface area contributed by atoms with Crippen molar-refractivity contribution >= 4 is 32.2 Å². The number of furan rings is 1. The summed E-state index contributed by atoms with van der Waals surface area (Å²) >= 11 is 1.61. The zero-order valence-corrected chi connectivity index (χ0v) is 8.29. The molecule has 0 amide bonds. The van der Waals surface area contributed by atoms with E-state index >= 15 is 0 Å². The summed E-state index contributed by atoms with van der Waals surface area (Å²) in [6.07, 6.45) is 1.81. The van der Waals surface area contributed by atoms with Gasteiger partial charge in [0.1, 0.15) is 0 Å². The second kappa shape index (κ2) is 3.12. The van der Waals surface area contributed by atoms with Crippen molar-refractivity contribution in [2.45, 2.75) is 0 Å². The molecule has 11 heavy (non-hydrogen) atoms. The summed E-state index contributed by atoms with van der Waals surface area (Å²) in [5.41, 5.74) is 0.988. The van der Waals surface area contributed by atoms with Gasteiger partial charge in [0.15, 0.2) is 0 Å². The van der Waals surface area contributed by atoms with E-state index in [1.807, 2.05) is 24.5 Å². The Bertz CT molecular complexity index is 354. The minimum atomic E-state index is 0. The van der Waals surface area contributed by atoms with Crippen molar-refractivity contribution in [3.63, 3.8) is 0 Å². The molecule has 0 bridgehead atoms. The second-order valence-corrected chi connectivity index (χ2v) is 3.49. The summed E-state index contributed by atoms with van der Waals surface area (Å²) in [5.74, 6) is 0.